The van der Waals surface area contributed by atoms with Gasteiger partial charge < -0.3 is 9.47 Å². The summed E-state index contributed by atoms with van der Waals surface area (Å²) < 4.78 is 2.15. The summed E-state index contributed by atoms with van der Waals surface area (Å²) in [7, 11) is 2.10. The molecule has 1 spiro atoms. The van der Waals surface area contributed by atoms with Crippen LogP contribution in [0.3, 0.4) is 0 Å². The molecule has 0 radical (unpaired) electrons. The van der Waals surface area contributed by atoms with E-state index in [1.54, 1.807) is 0 Å². The fourth-order valence-electron chi connectivity index (χ4n) is 5.02. The molecule has 0 saturated carbocycles. The van der Waals surface area contributed by atoms with Gasteiger partial charge in [-0.1, -0.05) is 30.3 Å². The molecule has 2 aliphatic heterocycles. The highest BCUT2D eigenvalue weighted by Gasteiger charge is 2.38. The molecule has 2 saturated heterocycles. The van der Waals surface area contributed by atoms with Crippen LogP contribution >= 0.6 is 0 Å². The van der Waals surface area contributed by atoms with Crippen LogP contribution in [-0.2, 0) is 20.0 Å². The third kappa shape index (κ3) is 4.18. The van der Waals surface area contributed by atoms with Crippen molar-refractivity contribution in [3.63, 3.8) is 0 Å². The van der Waals surface area contributed by atoms with Crippen molar-refractivity contribution in [1.29, 1.82) is 0 Å². The maximum absolute atomic E-state index is 4.49. The minimum atomic E-state index is 0.507. The van der Waals surface area contributed by atoms with Crippen molar-refractivity contribution < 1.29 is 0 Å². The molecule has 2 aliphatic rings. The van der Waals surface area contributed by atoms with Crippen LogP contribution in [0.25, 0.3) is 0 Å². The molecule has 2 aromatic rings. The van der Waals surface area contributed by atoms with Crippen LogP contribution < -0.4 is 0 Å². The predicted octanol–water partition coefficient (Wildman–Crippen LogP) is 3.34. The molecule has 2 fully saturated rings. The highest BCUT2D eigenvalue weighted by atomic mass is 15.2. The Morgan fingerprint density at radius 3 is 2.46 bits per heavy atom. The van der Waals surface area contributed by atoms with Gasteiger partial charge in [0, 0.05) is 52.0 Å². The smallest absolute Gasteiger partial charge is 0.109 e. The first kappa shape index (κ1) is 17.7. The first-order valence-electron chi connectivity index (χ1n) is 10.2. The molecule has 0 amide bonds. The zero-order chi connectivity index (χ0) is 17.8. The lowest BCUT2D eigenvalue weighted by Gasteiger charge is -2.48. The maximum atomic E-state index is 4.49. The second-order valence-electron chi connectivity index (χ2n) is 8.38. The second-order valence-corrected chi connectivity index (χ2v) is 8.38. The normalized spacial score (nSPS) is 25.0. The lowest BCUT2D eigenvalue weighted by molar-refractivity contribution is 0.0109. The maximum Gasteiger partial charge on any atom is 0.109 e. The van der Waals surface area contributed by atoms with E-state index in [2.05, 4.69) is 62.9 Å². The predicted molar refractivity (Wildman–Crippen MR) is 106 cm³/mol. The number of hydrogen-bond acceptors (Lipinski definition) is 3. The Balaban J connectivity index is 1.35. The van der Waals surface area contributed by atoms with Crippen molar-refractivity contribution in [3.05, 3.63) is 54.1 Å². The van der Waals surface area contributed by atoms with Crippen LogP contribution in [0, 0.1) is 5.41 Å². The molecule has 4 heteroatoms. The molecule has 140 valence electrons. The number of aromatic nitrogens is 2. The molecular weight excluding hydrogens is 320 g/mol. The molecule has 0 N–H and O–H groups in total. The van der Waals surface area contributed by atoms with Gasteiger partial charge in [0.2, 0.25) is 0 Å². The van der Waals surface area contributed by atoms with Crippen molar-refractivity contribution in [2.45, 2.75) is 38.6 Å². The molecule has 3 heterocycles. The monoisotopic (exact) mass is 352 g/mol. The van der Waals surface area contributed by atoms with Gasteiger partial charge >= 0.3 is 0 Å². The molecule has 1 unspecified atom stereocenters. The molecule has 4 nitrogen and oxygen atoms in total. The average Bonchev–Trinajstić information content (AvgIpc) is 3.06. The Hall–Kier alpha value is -1.65. The van der Waals surface area contributed by atoms with Crippen molar-refractivity contribution in [3.8, 4) is 0 Å². The van der Waals surface area contributed by atoms with E-state index in [0.29, 0.717) is 5.41 Å². The highest BCUT2D eigenvalue weighted by Crippen LogP contribution is 2.38. The Morgan fingerprint density at radius 1 is 1.00 bits per heavy atom. The average molecular weight is 353 g/mol. The van der Waals surface area contributed by atoms with E-state index in [4.69, 9.17) is 0 Å². The van der Waals surface area contributed by atoms with E-state index in [0.717, 1.165) is 19.5 Å². The summed E-state index contributed by atoms with van der Waals surface area (Å²) in [4.78, 5) is 9.89. The van der Waals surface area contributed by atoms with Crippen LogP contribution in [0.4, 0.5) is 0 Å². The molecule has 0 aliphatic carbocycles. The van der Waals surface area contributed by atoms with Gasteiger partial charge in [-0.05, 0) is 49.8 Å². The van der Waals surface area contributed by atoms with Crippen LogP contribution in [0.5, 0.6) is 0 Å². The largest absolute Gasteiger partial charge is 0.338 e. The fourth-order valence-corrected chi connectivity index (χ4v) is 5.02. The van der Waals surface area contributed by atoms with Gasteiger partial charge in [0.05, 0.1) is 0 Å². The van der Waals surface area contributed by atoms with Crippen LogP contribution in [0.2, 0.25) is 0 Å². The Morgan fingerprint density at radius 2 is 1.73 bits per heavy atom. The van der Waals surface area contributed by atoms with E-state index in [1.165, 1.54) is 63.3 Å². The quantitative estimate of drug-likeness (QED) is 0.825. The van der Waals surface area contributed by atoms with Crippen molar-refractivity contribution in [2.75, 3.05) is 32.7 Å². The van der Waals surface area contributed by atoms with E-state index >= 15 is 0 Å². The molecule has 1 aromatic carbocycles. The lowest BCUT2D eigenvalue weighted by atomic mass is 9.73. The van der Waals surface area contributed by atoms with E-state index in [9.17, 15) is 0 Å². The SMILES string of the molecule is Cn1ccnc1CCN1CCCC2(CCCN(Cc3ccccc3)C2)C1. The first-order valence-corrected chi connectivity index (χ1v) is 10.2. The summed E-state index contributed by atoms with van der Waals surface area (Å²) in [6.07, 6.45) is 10.5. The Kier molecular flexibility index (Phi) is 5.41. The third-order valence-electron chi connectivity index (χ3n) is 6.30. The van der Waals surface area contributed by atoms with Crippen LogP contribution in [-0.4, -0.2) is 52.1 Å². The number of likely N-dealkylation sites (tertiary alicyclic amines) is 2. The van der Waals surface area contributed by atoms with Gasteiger partial charge in [0.25, 0.3) is 0 Å². The third-order valence-corrected chi connectivity index (χ3v) is 6.30. The molecule has 26 heavy (non-hydrogen) atoms. The second kappa shape index (κ2) is 7.93. The zero-order valence-electron chi connectivity index (χ0n) is 16.1. The summed E-state index contributed by atoms with van der Waals surface area (Å²) >= 11 is 0. The van der Waals surface area contributed by atoms with Crippen molar-refractivity contribution >= 4 is 0 Å². The van der Waals surface area contributed by atoms with E-state index in [-0.39, 0.29) is 0 Å². The highest BCUT2D eigenvalue weighted by molar-refractivity contribution is 5.14. The van der Waals surface area contributed by atoms with Gasteiger partial charge in [-0.2, -0.15) is 0 Å². The number of hydrogen-bond donors (Lipinski definition) is 0. The van der Waals surface area contributed by atoms with E-state index < -0.39 is 0 Å². The number of benzene rings is 1. The molecular formula is C22H32N4. The van der Waals surface area contributed by atoms with Gasteiger partial charge in [0.1, 0.15) is 5.82 Å². The summed E-state index contributed by atoms with van der Waals surface area (Å²) in [5.41, 5.74) is 1.96. The zero-order valence-corrected chi connectivity index (χ0v) is 16.1. The van der Waals surface area contributed by atoms with E-state index in [1.807, 2.05) is 6.20 Å². The molecule has 4 rings (SSSR count). The Labute approximate surface area is 157 Å². The minimum Gasteiger partial charge on any atom is -0.338 e. The van der Waals surface area contributed by atoms with Gasteiger partial charge in [-0.25, -0.2) is 4.98 Å². The van der Waals surface area contributed by atoms with Crippen LogP contribution in [0.15, 0.2) is 42.7 Å². The van der Waals surface area contributed by atoms with Gasteiger partial charge in [-0.15, -0.1) is 0 Å². The fraction of sp³-hybridized carbons (Fsp3) is 0.591. The summed E-state index contributed by atoms with van der Waals surface area (Å²) in [5, 5.41) is 0. The van der Waals surface area contributed by atoms with Crippen molar-refractivity contribution in [1.82, 2.24) is 19.4 Å². The first-order chi connectivity index (χ1) is 12.7. The summed E-state index contributed by atoms with van der Waals surface area (Å²) in [6.45, 7) is 7.29. The summed E-state index contributed by atoms with van der Waals surface area (Å²) in [6, 6.07) is 11.0. The topological polar surface area (TPSA) is 24.3 Å². The Bertz CT molecular complexity index is 691. The van der Waals surface area contributed by atoms with Crippen LogP contribution in [0.1, 0.15) is 37.1 Å². The number of rotatable bonds is 5. The minimum absolute atomic E-state index is 0.507. The molecule has 1 aromatic heterocycles. The molecule has 0 bridgehead atoms. The standard InChI is InChI=1S/C22H32N4/c1-24-16-12-23-21(24)9-15-25-13-5-10-22(18-25)11-6-14-26(19-22)17-20-7-3-2-4-8-20/h2-4,7-8,12,16H,5-6,9-11,13-15,17-19H2,1H3. The number of aryl methyl sites for hydroxylation is 1. The van der Waals surface area contributed by atoms with Gasteiger partial charge in [0.15, 0.2) is 0 Å². The molecule has 1 atom stereocenters. The number of piperidine rings is 2. The number of nitrogens with zero attached hydrogens (tertiary/aromatic N) is 4. The number of imidazole rings is 1. The summed E-state index contributed by atoms with van der Waals surface area (Å²) in [5.74, 6) is 1.21. The van der Waals surface area contributed by atoms with Gasteiger partial charge in [-0.3, -0.25) is 4.90 Å². The lowest BCUT2D eigenvalue weighted by Crippen LogP contribution is -2.52. The van der Waals surface area contributed by atoms with Crippen molar-refractivity contribution in [2.24, 2.45) is 12.5 Å².